The van der Waals surface area contributed by atoms with Crippen LogP contribution in [0.4, 0.5) is 0 Å². The number of carbonyl (C=O) groups is 1. The van der Waals surface area contributed by atoms with Crippen LogP contribution in [0, 0.1) is 0 Å². The molecule has 3 rings (SSSR count). The lowest BCUT2D eigenvalue weighted by Crippen LogP contribution is -2.31. The van der Waals surface area contributed by atoms with Crippen molar-refractivity contribution >= 4 is 15.9 Å². The van der Waals surface area contributed by atoms with Gasteiger partial charge in [0.05, 0.1) is 11.0 Å². The number of hydrogen-bond acceptors (Lipinski definition) is 4. The smallest absolute Gasteiger partial charge is 0.253 e. The molecular formula is C19H28N2O4S. The van der Waals surface area contributed by atoms with Crippen LogP contribution in [-0.4, -0.2) is 62.9 Å². The number of nitrogens with zero attached hydrogens (tertiary/aromatic N) is 2. The lowest BCUT2D eigenvalue weighted by molar-refractivity contribution is 0.00709. The second-order valence-electron chi connectivity index (χ2n) is 7.14. The van der Waals surface area contributed by atoms with Gasteiger partial charge in [-0.1, -0.05) is 0 Å². The first-order valence-electron chi connectivity index (χ1n) is 9.46. The molecular weight excluding hydrogens is 352 g/mol. The fourth-order valence-electron chi connectivity index (χ4n) is 3.54. The highest BCUT2D eigenvalue weighted by molar-refractivity contribution is 7.89. The van der Waals surface area contributed by atoms with Gasteiger partial charge in [0.1, 0.15) is 0 Å². The van der Waals surface area contributed by atoms with Crippen LogP contribution in [0.5, 0.6) is 0 Å². The van der Waals surface area contributed by atoms with Crippen molar-refractivity contribution in [1.29, 1.82) is 0 Å². The molecule has 7 heteroatoms. The second kappa shape index (κ2) is 8.50. The topological polar surface area (TPSA) is 66.9 Å². The third-order valence-corrected chi connectivity index (χ3v) is 7.12. The molecule has 0 saturated carbocycles. The van der Waals surface area contributed by atoms with Gasteiger partial charge in [-0.25, -0.2) is 8.42 Å². The first-order valence-corrected chi connectivity index (χ1v) is 10.9. The summed E-state index contributed by atoms with van der Waals surface area (Å²) in [6, 6.07) is 6.30. The van der Waals surface area contributed by atoms with Gasteiger partial charge in [0.2, 0.25) is 10.0 Å². The number of rotatable bonds is 6. The van der Waals surface area contributed by atoms with Gasteiger partial charge < -0.3 is 9.64 Å². The maximum Gasteiger partial charge on any atom is 0.253 e. The van der Waals surface area contributed by atoms with Crippen molar-refractivity contribution in [2.24, 2.45) is 0 Å². The Bertz CT molecular complexity index is 706. The Morgan fingerprint density at radius 1 is 1.15 bits per heavy atom. The van der Waals surface area contributed by atoms with Crippen LogP contribution in [0.25, 0.3) is 0 Å². The van der Waals surface area contributed by atoms with Crippen LogP contribution in [0.2, 0.25) is 0 Å². The minimum atomic E-state index is -3.43. The summed E-state index contributed by atoms with van der Waals surface area (Å²) in [4.78, 5) is 14.5. The second-order valence-corrected chi connectivity index (χ2v) is 9.08. The zero-order valence-electron chi connectivity index (χ0n) is 15.4. The quantitative estimate of drug-likeness (QED) is 0.760. The molecule has 2 fully saturated rings. The van der Waals surface area contributed by atoms with Gasteiger partial charge in [-0.05, 0) is 62.8 Å². The van der Waals surface area contributed by atoms with E-state index in [1.54, 1.807) is 36.2 Å². The number of benzene rings is 1. The predicted octanol–water partition coefficient (Wildman–Crippen LogP) is 2.50. The normalized spacial score (nSPS) is 21.7. The molecule has 0 N–H and O–H groups in total. The molecule has 1 aromatic carbocycles. The summed E-state index contributed by atoms with van der Waals surface area (Å²) in [6.45, 7) is 2.61. The molecule has 2 aliphatic heterocycles. The SMILES string of the molecule is CN(CCC1CCCCO1)C(=O)c1ccc(S(=O)(=O)N2CCCC2)cc1. The largest absolute Gasteiger partial charge is 0.378 e. The van der Waals surface area contributed by atoms with E-state index in [9.17, 15) is 13.2 Å². The third kappa shape index (κ3) is 4.45. The van der Waals surface area contributed by atoms with Crippen molar-refractivity contribution in [2.45, 2.75) is 49.5 Å². The van der Waals surface area contributed by atoms with Crippen LogP contribution in [0.1, 0.15) is 48.9 Å². The van der Waals surface area contributed by atoms with E-state index >= 15 is 0 Å². The maximum absolute atomic E-state index is 12.6. The molecule has 2 heterocycles. The van der Waals surface area contributed by atoms with Crippen molar-refractivity contribution in [3.8, 4) is 0 Å². The Kier molecular flexibility index (Phi) is 6.32. The summed E-state index contributed by atoms with van der Waals surface area (Å²) in [6.07, 6.45) is 6.27. The van der Waals surface area contributed by atoms with Gasteiger partial charge in [-0.2, -0.15) is 4.31 Å². The van der Waals surface area contributed by atoms with E-state index in [4.69, 9.17) is 4.74 Å². The van der Waals surface area contributed by atoms with E-state index in [0.29, 0.717) is 25.2 Å². The van der Waals surface area contributed by atoms with E-state index < -0.39 is 10.0 Å². The van der Waals surface area contributed by atoms with Crippen LogP contribution in [-0.2, 0) is 14.8 Å². The van der Waals surface area contributed by atoms with E-state index in [0.717, 1.165) is 38.7 Å². The molecule has 0 aliphatic carbocycles. The molecule has 26 heavy (non-hydrogen) atoms. The minimum absolute atomic E-state index is 0.0917. The van der Waals surface area contributed by atoms with Gasteiger partial charge in [-0.15, -0.1) is 0 Å². The van der Waals surface area contributed by atoms with Crippen molar-refractivity contribution in [3.05, 3.63) is 29.8 Å². The molecule has 1 amide bonds. The minimum Gasteiger partial charge on any atom is -0.378 e. The Morgan fingerprint density at radius 2 is 1.85 bits per heavy atom. The van der Waals surface area contributed by atoms with E-state index in [1.165, 1.54) is 10.7 Å². The van der Waals surface area contributed by atoms with E-state index in [-0.39, 0.29) is 16.9 Å². The highest BCUT2D eigenvalue weighted by Crippen LogP contribution is 2.21. The fourth-order valence-corrected chi connectivity index (χ4v) is 5.06. The average Bonchev–Trinajstić information content (AvgIpc) is 3.22. The summed E-state index contributed by atoms with van der Waals surface area (Å²) in [5.74, 6) is -0.0917. The van der Waals surface area contributed by atoms with Crippen molar-refractivity contribution in [2.75, 3.05) is 33.3 Å². The molecule has 0 radical (unpaired) electrons. The summed E-state index contributed by atoms with van der Waals surface area (Å²) in [7, 11) is -1.66. The van der Waals surface area contributed by atoms with Gasteiger partial charge in [0, 0.05) is 38.9 Å². The predicted molar refractivity (Wildman–Crippen MR) is 99.6 cm³/mol. The molecule has 0 aromatic heterocycles. The van der Waals surface area contributed by atoms with Gasteiger partial charge >= 0.3 is 0 Å². The Labute approximate surface area is 156 Å². The Morgan fingerprint density at radius 3 is 2.46 bits per heavy atom. The van der Waals surface area contributed by atoms with Crippen LogP contribution >= 0.6 is 0 Å². The summed E-state index contributed by atoms with van der Waals surface area (Å²) < 4.78 is 32.3. The molecule has 1 aromatic rings. The fraction of sp³-hybridized carbons (Fsp3) is 0.632. The van der Waals surface area contributed by atoms with Crippen LogP contribution < -0.4 is 0 Å². The zero-order chi connectivity index (χ0) is 18.6. The summed E-state index contributed by atoms with van der Waals surface area (Å²) in [5.41, 5.74) is 0.512. The zero-order valence-corrected chi connectivity index (χ0v) is 16.2. The first kappa shape index (κ1) is 19.3. The van der Waals surface area contributed by atoms with Gasteiger partial charge in [0.15, 0.2) is 0 Å². The molecule has 0 bridgehead atoms. The molecule has 2 aliphatic rings. The lowest BCUT2D eigenvalue weighted by atomic mass is 10.1. The summed E-state index contributed by atoms with van der Waals surface area (Å²) >= 11 is 0. The highest BCUT2D eigenvalue weighted by Gasteiger charge is 2.27. The van der Waals surface area contributed by atoms with Crippen LogP contribution in [0.3, 0.4) is 0 Å². The Hall–Kier alpha value is -1.44. The number of ether oxygens (including phenoxy) is 1. The van der Waals surface area contributed by atoms with E-state index in [1.807, 2.05) is 0 Å². The number of carbonyl (C=O) groups excluding carboxylic acids is 1. The molecule has 2 saturated heterocycles. The van der Waals surface area contributed by atoms with E-state index in [2.05, 4.69) is 0 Å². The molecule has 1 atom stereocenters. The Balaban J connectivity index is 1.59. The molecule has 144 valence electrons. The van der Waals surface area contributed by atoms with Crippen molar-refractivity contribution in [1.82, 2.24) is 9.21 Å². The lowest BCUT2D eigenvalue weighted by Gasteiger charge is -2.25. The maximum atomic E-state index is 12.6. The van der Waals surface area contributed by atoms with Crippen molar-refractivity contribution < 1.29 is 17.9 Å². The van der Waals surface area contributed by atoms with Gasteiger partial charge in [-0.3, -0.25) is 4.79 Å². The monoisotopic (exact) mass is 380 g/mol. The number of amides is 1. The molecule has 0 spiro atoms. The third-order valence-electron chi connectivity index (χ3n) is 5.21. The molecule has 1 unspecified atom stereocenters. The van der Waals surface area contributed by atoms with Gasteiger partial charge in [0.25, 0.3) is 5.91 Å². The number of hydrogen-bond donors (Lipinski definition) is 0. The molecule has 6 nitrogen and oxygen atoms in total. The summed E-state index contributed by atoms with van der Waals surface area (Å²) in [5, 5.41) is 0. The average molecular weight is 381 g/mol. The first-order chi connectivity index (χ1) is 12.5. The van der Waals surface area contributed by atoms with Crippen molar-refractivity contribution in [3.63, 3.8) is 0 Å². The van der Waals surface area contributed by atoms with Crippen LogP contribution in [0.15, 0.2) is 29.2 Å². The standard InChI is InChI=1S/C19H28N2O4S/c1-20(14-11-17-6-2-5-15-25-17)19(22)16-7-9-18(10-8-16)26(23,24)21-12-3-4-13-21/h7-10,17H,2-6,11-15H2,1H3. The number of sulfonamides is 1. The highest BCUT2D eigenvalue weighted by atomic mass is 32.2.